The number of H-pyrrole nitrogens is 1. The van der Waals surface area contributed by atoms with E-state index in [0.29, 0.717) is 23.4 Å². The summed E-state index contributed by atoms with van der Waals surface area (Å²) in [5.74, 6) is -0.734. The summed E-state index contributed by atoms with van der Waals surface area (Å²) in [5.41, 5.74) is 2.65. The number of sulfonamides is 1. The highest BCUT2D eigenvalue weighted by Crippen LogP contribution is 2.31. The molecule has 134 valence electrons. The number of nitrogens with one attached hydrogen (secondary N) is 2. The molecule has 0 atom stereocenters. The van der Waals surface area contributed by atoms with Crippen molar-refractivity contribution >= 4 is 38.4 Å². The van der Waals surface area contributed by atoms with E-state index < -0.39 is 15.8 Å². The lowest BCUT2D eigenvalue weighted by molar-refractivity contribution is -0.116. The number of fused-ring (bicyclic) bond motifs is 2. The first-order valence-corrected chi connectivity index (χ1v) is 9.38. The molecule has 8 nitrogen and oxygen atoms in total. The summed E-state index contributed by atoms with van der Waals surface area (Å²) in [4.78, 5) is 27.0. The molecule has 0 bridgehead atoms. The molecule has 0 fully saturated rings. The van der Waals surface area contributed by atoms with Gasteiger partial charge in [0.15, 0.2) is 5.58 Å². The molecule has 3 aromatic rings. The van der Waals surface area contributed by atoms with E-state index >= 15 is 0 Å². The van der Waals surface area contributed by atoms with E-state index in [-0.39, 0.29) is 16.4 Å². The molecule has 1 aliphatic heterocycles. The summed E-state index contributed by atoms with van der Waals surface area (Å²) in [6.45, 7) is 2.07. The van der Waals surface area contributed by atoms with Crippen molar-refractivity contribution in [2.75, 3.05) is 16.2 Å². The number of rotatable bonds is 3. The van der Waals surface area contributed by atoms with Gasteiger partial charge in [-0.15, -0.1) is 0 Å². The summed E-state index contributed by atoms with van der Waals surface area (Å²) in [6, 6.07) is 9.25. The van der Waals surface area contributed by atoms with E-state index in [0.717, 1.165) is 12.0 Å². The van der Waals surface area contributed by atoms with Crippen molar-refractivity contribution in [1.82, 2.24) is 4.98 Å². The quantitative estimate of drug-likeness (QED) is 0.727. The summed E-state index contributed by atoms with van der Waals surface area (Å²) >= 11 is 0. The number of carbonyl (C=O) groups is 1. The molecule has 0 saturated heterocycles. The summed E-state index contributed by atoms with van der Waals surface area (Å²) < 4.78 is 32.7. The van der Waals surface area contributed by atoms with Gasteiger partial charge in [-0.05, 0) is 36.2 Å². The fourth-order valence-electron chi connectivity index (χ4n) is 3.08. The Bertz CT molecular complexity index is 1190. The minimum atomic E-state index is -3.88. The number of anilines is 2. The van der Waals surface area contributed by atoms with Gasteiger partial charge in [-0.2, -0.15) is 0 Å². The molecule has 0 spiro atoms. The van der Waals surface area contributed by atoms with E-state index in [1.54, 1.807) is 17.0 Å². The SMILES string of the molecule is CC(=O)N1CCc2ccc(NS(=O)(=O)c3ccc4[nH]c(=O)oc4c3)cc21. The molecule has 0 aliphatic carbocycles. The van der Waals surface area contributed by atoms with Crippen LogP contribution in [0.5, 0.6) is 0 Å². The minimum Gasteiger partial charge on any atom is -0.408 e. The summed E-state index contributed by atoms with van der Waals surface area (Å²) in [7, 11) is -3.88. The second-order valence-electron chi connectivity index (χ2n) is 6.04. The third-order valence-corrected chi connectivity index (χ3v) is 5.69. The third kappa shape index (κ3) is 2.76. The molecule has 2 heterocycles. The normalized spacial score (nSPS) is 13.8. The highest BCUT2D eigenvalue weighted by Gasteiger charge is 2.23. The van der Waals surface area contributed by atoms with Crippen LogP contribution in [0.25, 0.3) is 11.1 Å². The van der Waals surface area contributed by atoms with Crippen LogP contribution in [-0.4, -0.2) is 25.9 Å². The maximum absolute atomic E-state index is 12.6. The topological polar surface area (TPSA) is 112 Å². The van der Waals surface area contributed by atoms with Crippen LogP contribution in [0.2, 0.25) is 0 Å². The molecular weight excluding hydrogens is 358 g/mol. The number of nitrogens with zero attached hydrogens (tertiary/aromatic N) is 1. The maximum atomic E-state index is 12.6. The highest BCUT2D eigenvalue weighted by molar-refractivity contribution is 7.92. The smallest absolute Gasteiger partial charge is 0.408 e. The molecule has 26 heavy (non-hydrogen) atoms. The van der Waals surface area contributed by atoms with E-state index in [9.17, 15) is 18.0 Å². The van der Waals surface area contributed by atoms with Crippen LogP contribution in [-0.2, 0) is 21.2 Å². The van der Waals surface area contributed by atoms with Gasteiger partial charge in [-0.1, -0.05) is 6.07 Å². The minimum absolute atomic E-state index is 0.0309. The molecule has 1 aliphatic rings. The Morgan fingerprint density at radius 1 is 1.23 bits per heavy atom. The molecule has 1 amide bonds. The van der Waals surface area contributed by atoms with Gasteiger partial charge in [-0.3, -0.25) is 14.5 Å². The summed E-state index contributed by atoms with van der Waals surface area (Å²) in [5, 5.41) is 0. The molecule has 0 saturated carbocycles. The Morgan fingerprint density at radius 2 is 2.04 bits per heavy atom. The Balaban J connectivity index is 1.68. The van der Waals surface area contributed by atoms with Gasteiger partial charge in [0.2, 0.25) is 5.91 Å². The van der Waals surface area contributed by atoms with Crippen LogP contribution >= 0.6 is 0 Å². The Kier molecular flexibility index (Phi) is 3.62. The first-order valence-electron chi connectivity index (χ1n) is 7.90. The van der Waals surface area contributed by atoms with Crippen molar-refractivity contribution in [3.8, 4) is 0 Å². The van der Waals surface area contributed by atoms with Crippen molar-refractivity contribution in [3.63, 3.8) is 0 Å². The van der Waals surface area contributed by atoms with Gasteiger partial charge in [0.1, 0.15) is 0 Å². The number of oxazole rings is 1. The maximum Gasteiger partial charge on any atom is 0.417 e. The molecule has 0 unspecified atom stereocenters. The van der Waals surface area contributed by atoms with Crippen LogP contribution < -0.4 is 15.4 Å². The molecule has 2 N–H and O–H groups in total. The van der Waals surface area contributed by atoms with Gasteiger partial charge in [0.05, 0.1) is 16.1 Å². The molecular formula is C17H15N3O5S. The highest BCUT2D eigenvalue weighted by atomic mass is 32.2. The Hall–Kier alpha value is -3.07. The van der Waals surface area contributed by atoms with Gasteiger partial charge < -0.3 is 9.32 Å². The van der Waals surface area contributed by atoms with Gasteiger partial charge in [0.25, 0.3) is 10.0 Å². The number of aromatic amines is 1. The molecule has 0 radical (unpaired) electrons. The second kappa shape index (κ2) is 5.73. The van der Waals surface area contributed by atoms with Gasteiger partial charge in [0, 0.05) is 25.2 Å². The molecule has 1 aromatic heterocycles. The fourth-order valence-corrected chi connectivity index (χ4v) is 4.14. The molecule has 4 rings (SSSR count). The lowest BCUT2D eigenvalue weighted by atomic mass is 10.1. The number of aromatic nitrogens is 1. The average molecular weight is 373 g/mol. The van der Waals surface area contributed by atoms with E-state index in [1.165, 1.54) is 25.1 Å². The lowest BCUT2D eigenvalue weighted by Gasteiger charge is -2.16. The molecule has 9 heteroatoms. The third-order valence-electron chi connectivity index (χ3n) is 4.32. The zero-order valence-corrected chi connectivity index (χ0v) is 14.6. The van der Waals surface area contributed by atoms with Gasteiger partial charge >= 0.3 is 5.76 Å². The number of hydrogen-bond acceptors (Lipinski definition) is 5. The van der Waals surface area contributed by atoms with Crippen LogP contribution in [0.15, 0.2) is 50.5 Å². The summed E-state index contributed by atoms with van der Waals surface area (Å²) in [6.07, 6.45) is 0.741. The monoisotopic (exact) mass is 373 g/mol. The number of carbonyl (C=O) groups excluding carboxylic acids is 1. The van der Waals surface area contributed by atoms with Crippen molar-refractivity contribution in [2.45, 2.75) is 18.2 Å². The van der Waals surface area contributed by atoms with Crippen LogP contribution in [0.4, 0.5) is 11.4 Å². The van der Waals surface area contributed by atoms with Crippen LogP contribution in [0.3, 0.4) is 0 Å². The van der Waals surface area contributed by atoms with Crippen molar-refractivity contribution in [3.05, 3.63) is 52.5 Å². The van der Waals surface area contributed by atoms with E-state index in [1.807, 2.05) is 6.07 Å². The second-order valence-corrected chi connectivity index (χ2v) is 7.72. The average Bonchev–Trinajstić information content (AvgIpc) is 3.15. The first kappa shape index (κ1) is 16.4. The van der Waals surface area contributed by atoms with Crippen LogP contribution in [0, 0.1) is 0 Å². The number of hydrogen-bond donors (Lipinski definition) is 2. The number of benzene rings is 2. The Labute approximate surface area is 148 Å². The Morgan fingerprint density at radius 3 is 2.81 bits per heavy atom. The fraction of sp³-hybridized carbons (Fsp3) is 0.176. The van der Waals surface area contributed by atoms with Crippen molar-refractivity contribution in [2.24, 2.45) is 0 Å². The van der Waals surface area contributed by atoms with E-state index in [2.05, 4.69) is 9.71 Å². The largest absolute Gasteiger partial charge is 0.417 e. The molecule has 2 aromatic carbocycles. The zero-order valence-electron chi connectivity index (χ0n) is 13.8. The van der Waals surface area contributed by atoms with Crippen LogP contribution in [0.1, 0.15) is 12.5 Å². The first-order chi connectivity index (χ1) is 12.3. The van der Waals surface area contributed by atoms with Gasteiger partial charge in [-0.25, -0.2) is 13.2 Å². The standard InChI is InChI=1S/C17H15N3O5S/c1-10(21)20-7-6-11-2-3-12(8-15(11)20)19-26(23,24)13-4-5-14-16(9-13)25-17(22)18-14/h2-5,8-9,19H,6-7H2,1H3,(H,18,22). The van der Waals surface area contributed by atoms with E-state index in [4.69, 9.17) is 4.42 Å². The predicted molar refractivity (Wildman–Crippen MR) is 95.8 cm³/mol. The zero-order chi connectivity index (χ0) is 18.5. The lowest BCUT2D eigenvalue weighted by Crippen LogP contribution is -2.25. The van der Waals surface area contributed by atoms with Crippen molar-refractivity contribution < 1.29 is 17.6 Å². The predicted octanol–water partition coefficient (Wildman–Crippen LogP) is 1.83. The van der Waals surface area contributed by atoms with Crippen molar-refractivity contribution in [1.29, 1.82) is 0 Å². The number of amides is 1.